The molecule has 0 amide bonds. The summed E-state index contributed by atoms with van der Waals surface area (Å²) < 4.78 is 34.4. The van der Waals surface area contributed by atoms with E-state index in [2.05, 4.69) is 9.62 Å². The summed E-state index contributed by atoms with van der Waals surface area (Å²) in [5.74, 6) is 1.12. The molecule has 1 N–H and O–H groups in total. The first kappa shape index (κ1) is 20.7. The molecule has 0 aliphatic carbocycles. The van der Waals surface area contributed by atoms with Crippen molar-refractivity contribution in [1.82, 2.24) is 4.72 Å². The van der Waals surface area contributed by atoms with Crippen molar-refractivity contribution in [3.8, 4) is 5.75 Å². The second-order valence-electron chi connectivity index (χ2n) is 7.71. The lowest BCUT2D eigenvalue weighted by Crippen LogP contribution is -2.32. The molecule has 5 nitrogen and oxygen atoms in total. The zero-order valence-corrected chi connectivity index (χ0v) is 18.2. The van der Waals surface area contributed by atoms with E-state index < -0.39 is 10.0 Å². The van der Waals surface area contributed by atoms with Gasteiger partial charge in [-0.2, -0.15) is 0 Å². The predicted molar refractivity (Wildman–Crippen MR) is 114 cm³/mol. The van der Waals surface area contributed by atoms with Crippen LogP contribution < -0.4 is 14.4 Å². The lowest BCUT2D eigenvalue weighted by atomic mass is 10.0. The van der Waals surface area contributed by atoms with E-state index in [0.717, 1.165) is 53.2 Å². The number of hydrogen-bond donors (Lipinski definition) is 1. The highest BCUT2D eigenvalue weighted by Crippen LogP contribution is 2.32. The molecule has 2 aromatic rings. The first-order valence-corrected chi connectivity index (χ1v) is 11.2. The van der Waals surface area contributed by atoms with E-state index in [4.69, 9.17) is 4.74 Å². The number of ether oxygens (including phenoxy) is 1. The number of rotatable bonds is 6. The molecule has 1 unspecified atom stereocenters. The maximum atomic E-state index is 13.0. The number of aryl methyl sites for hydroxylation is 2. The number of benzene rings is 2. The van der Waals surface area contributed by atoms with Crippen molar-refractivity contribution in [1.29, 1.82) is 0 Å². The lowest BCUT2D eigenvalue weighted by molar-refractivity contribution is 0.414. The summed E-state index contributed by atoms with van der Waals surface area (Å²) in [5.41, 5.74) is 4.74. The molecule has 3 rings (SSSR count). The van der Waals surface area contributed by atoms with Crippen LogP contribution in [0.1, 0.15) is 28.7 Å². The van der Waals surface area contributed by atoms with Crippen molar-refractivity contribution >= 4 is 15.7 Å². The number of nitrogens with one attached hydrogen (secondary N) is 1. The Bertz CT molecular complexity index is 944. The molecular formula is C22H30N2O3S. The minimum absolute atomic E-state index is 0.270. The molecule has 0 bridgehead atoms. The number of hydrogen-bond acceptors (Lipinski definition) is 4. The normalized spacial score (nSPS) is 17.2. The van der Waals surface area contributed by atoms with Crippen LogP contribution in [0.5, 0.6) is 5.75 Å². The molecular weight excluding hydrogens is 372 g/mol. The van der Waals surface area contributed by atoms with Gasteiger partial charge in [0.2, 0.25) is 10.0 Å². The van der Waals surface area contributed by atoms with Gasteiger partial charge >= 0.3 is 0 Å². The van der Waals surface area contributed by atoms with Crippen molar-refractivity contribution in [2.45, 2.75) is 39.0 Å². The van der Waals surface area contributed by atoms with Crippen LogP contribution in [0.3, 0.4) is 0 Å². The van der Waals surface area contributed by atoms with Crippen molar-refractivity contribution in [3.63, 3.8) is 0 Å². The van der Waals surface area contributed by atoms with Crippen LogP contribution >= 0.6 is 0 Å². The summed E-state index contributed by atoms with van der Waals surface area (Å²) in [7, 11) is -1.87. The Morgan fingerprint density at radius 2 is 1.75 bits per heavy atom. The van der Waals surface area contributed by atoms with Gasteiger partial charge in [0.15, 0.2) is 0 Å². The fraction of sp³-hybridized carbons (Fsp3) is 0.455. The number of para-hydroxylation sites is 2. The first-order chi connectivity index (χ1) is 13.2. The second-order valence-corrected chi connectivity index (χ2v) is 9.42. The topological polar surface area (TPSA) is 58.6 Å². The van der Waals surface area contributed by atoms with E-state index in [1.165, 1.54) is 0 Å². The molecule has 2 aromatic carbocycles. The third kappa shape index (κ3) is 4.03. The van der Waals surface area contributed by atoms with Gasteiger partial charge in [-0.15, -0.1) is 0 Å². The highest BCUT2D eigenvalue weighted by atomic mass is 32.2. The van der Waals surface area contributed by atoms with Crippen LogP contribution in [0.2, 0.25) is 0 Å². The van der Waals surface area contributed by atoms with Gasteiger partial charge in [-0.1, -0.05) is 18.2 Å². The molecule has 6 heteroatoms. The Morgan fingerprint density at radius 3 is 2.39 bits per heavy atom. The highest BCUT2D eigenvalue weighted by molar-refractivity contribution is 7.89. The summed E-state index contributed by atoms with van der Waals surface area (Å²) >= 11 is 0. The Labute approximate surface area is 168 Å². The molecule has 152 valence electrons. The third-order valence-corrected chi connectivity index (χ3v) is 7.54. The van der Waals surface area contributed by atoms with E-state index in [-0.39, 0.29) is 5.92 Å². The average Bonchev–Trinajstić information content (AvgIpc) is 3.14. The van der Waals surface area contributed by atoms with Crippen molar-refractivity contribution in [3.05, 3.63) is 52.6 Å². The number of sulfonamides is 1. The molecule has 1 fully saturated rings. The second kappa shape index (κ2) is 8.13. The number of nitrogens with zero attached hydrogens (tertiary/aromatic N) is 1. The van der Waals surface area contributed by atoms with Gasteiger partial charge in [-0.05, 0) is 74.4 Å². The molecule has 1 saturated heterocycles. The SMILES string of the molecule is COc1ccccc1N1CCC(CNS(=O)(=O)c2c(C)c(C)cc(C)c2C)C1. The zero-order valence-electron chi connectivity index (χ0n) is 17.4. The van der Waals surface area contributed by atoms with Crippen molar-refractivity contribution in [2.75, 3.05) is 31.6 Å². The van der Waals surface area contributed by atoms with Gasteiger partial charge in [0.25, 0.3) is 0 Å². The van der Waals surface area contributed by atoms with Crippen molar-refractivity contribution < 1.29 is 13.2 Å². The van der Waals surface area contributed by atoms with Gasteiger partial charge in [0.1, 0.15) is 5.75 Å². The number of methoxy groups -OCH3 is 1. The van der Waals surface area contributed by atoms with E-state index >= 15 is 0 Å². The third-order valence-electron chi connectivity index (χ3n) is 5.84. The van der Waals surface area contributed by atoms with Crippen LogP contribution in [0.4, 0.5) is 5.69 Å². The van der Waals surface area contributed by atoms with Gasteiger partial charge < -0.3 is 9.64 Å². The van der Waals surface area contributed by atoms with Gasteiger partial charge in [-0.3, -0.25) is 0 Å². The summed E-state index contributed by atoms with van der Waals surface area (Å²) in [6, 6.07) is 10.0. The summed E-state index contributed by atoms with van der Waals surface area (Å²) in [6.45, 7) is 9.85. The smallest absolute Gasteiger partial charge is 0.241 e. The molecule has 0 radical (unpaired) electrons. The Kier molecular flexibility index (Phi) is 6.01. The van der Waals surface area contributed by atoms with Crippen LogP contribution in [0.25, 0.3) is 0 Å². The molecule has 28 heavy (non-hydrogen) atoms. The zero-order chi connectivity index (χ0) is 20.5. The van der Waals surface area contributed by atoms with Crippen LogP contribution in [-0.4, -0.2) is 35.2 Å². The van der Waals surface area contributed by atoms with E-state index in [1.807, 2.05) is 58.0 Å². The minimum atomic E-state index is -3.54. The summed E-state index contributed by atoms with van der Waals surface area (Å²) in [6.07, 6.45) is 0.950. The molecule has 0 aromatic heterocycles. The standard InChI is InChI=1S/C22H30N2O3S/c1-15-12-16(2)18(4)22(17(15)3)28(25,26)23-13-19-10-11-24(14-19)20-8-6-7-9-21(20)27-5/h6-9,12,19,23H,10-11,13-14H2,1-5H3. The largest absolute Gasteiger partial charge is 0.495 e. The van der Waals surface area contributed by atoms with E-state index in [0.29, 0.717) is 11.4 Å². The number of anilines is 1. The maximum absolute atomic E-state index is 13.0. The predicted octanol–water partition coefficient (Wildman–Crippen LogP) is 3.73. The van der Waals surface area contributed by atoms with Gasteiger partial charge in [-0.25, -0.2) is 13.1 Å². The molecule has 1 heterocycles. The van der Waals surface area contributed by atoms with Crippen LogP contribution in [0, 0.1) is 33.6 Å². The highest BCUT2D eigenvalue weighted by Gasteiger charge is 2.27. The maximum Gasteiger partial charge on any atom is 0.241 e. The van der Waals surface area contributed by atoms with Crippen LogP contribution in [0.15, 0.2) is 35.2 Å². The summed E-state index contributed by atoms with van der Waals surface area (Å²) in [5, 5.41) is 0. The van der Waals surface area contributed by atoms with Gasteiger partial charge in [0.05, 0.1) is 17.7 Å². The fourth-order valence-corrected chi connectivity index (χ4v) is 5.72. The van der Waals surface area contributed by atoms with Crippen molar-refractivity contribution in [2.24, 2.45) is 5.92 Å². The van der Waals surface area contributed by atoms with Crippen LogP contribution in [-0.2, 0) is 10.0 Å². The fourth-order valence-electron chi connectivity index (χ4n) is 3.99. The average molecular weight is 403 g/mol. The minimum Gasteiger partial charge on any atom is -0.495 e. The summed E-state index contributed by atoms with van der Waals surface area (Å²) in [4.78, 5) is 2.70. The molecule has 1 atom stereocenters. The Balaban J connectivity index is 1.72. The molecule has 0 saturated carbocycles. The monoisotopic (exact) mass is 402 g/mol. The van der Waals surface area contributed by atoms with E-state index in [9.17, 15) is 8.42 Å². The molecule has 1 aliphatic rings. The first-order valence-electron chi connectivity index (χ1n) is 9.69. The molecule has 1 aliphatic heterocycles. The lowest BCUT2D eigenvalue weighted by Gasteiger charge is -2.21. The Hall–Kier alpha value is -2.05. The molecule has 0 spiro atoms. The van der Waals surface area contributed by atoms with Gasteiger partial charge in [0, 0.05) is 19.6 Å². The quantitative estimate of drug-likeness (QED) is 0.800. The Morgan fingerprint density at radius 1 is 1.11 bits per heavy atom. The van der Waals surface area contributed by atoms with E-state index in [1.54, 1.807) is 7.11 Å².